The molecule has 2 aromatic carbocycles. The van der Waals surface area contributed by atoms with Gasteiger partial charge in [-0.15, -0.1) is 0 Å². The van der Waals surface area contributed by atoms with Gasteiger partial charge in [-0.05, 0) is 35.7 Å². The smallest absolute Gasteiger partial charge is 0.270 e. The van der Waals surface area contributed by atoms with E-state index >= 15 is 0 Å². The van der Waals surface area contributed by atoms with E-state index in [4.69, 9.17) is 4.74 Å². The van der Waals surface area contributed by atoms with E-state index < -0.39 is 0 Å². The van der Waals surface area contributed by atoms with Crippen LogP contribution in [0.15, 0.2) is 65.6 Å². The van der Waals surface area contributed by atoms with Crippen molar-refractivity contribution in [2.75, 3.05) is 6.54 Å². The number of nitrogens with zero attached hydrogens (tertiary/aromatic N) is 2. The van der Waals surface area contributed by atoms with Crippen molar-refractivity contribution in [1.82, 2.24) is 15.1 Å². The Kier molecular flexibility index (Phi) is 5.30. The van der Waals surface area contributed by atoms with Gasteiger partial charge in [0.25, 0.3) is 5.56 Å². The zero-order valence-electron chi connectivity index (χ0n) is 15.4. The summed E-state index contributed by atoms with van der Waals surface area (Å²) in [5, 5.41) is 7.40. The molecule has 2 heterocycles. The number of rotatable bonds is 6. The fourth-order valence-corrected chi connectivity index (χ4v) is 3.23. The molecule has 0 saturated carbocycles. The van der Waals surface area contributed by atoms with E-state index in [1.807, 2.05) is 48.5 Å². The number of Topliss-reactive ketones (excluding diaryl/α,β-unsaturated/α-hetero) is 1. The van der Waals surface area contributed by atoms with Crippen molar-refractivity contribution in [2.24, 2.45) is 0 Å². The largest absolute Gasteiger partial charge is 0.487 e. The van der Waals surface area contributed by atoms with Crippen LogP contribution in [0.2, 0.25) is 0 Å². The van der Waals surface area contributed by atoms with Crippen molar-refractivity contribution < 1.29 is 9.53 Å². The summed E-state index contributed by atoms with van der Waals surface area (Å²) in [6.07, 6.45) is 2.37. The number of nitrogens with one attached hydrogen (secondary N) is 1. The van der Waals surface area contributed by atoms with Gasteiger partial charge in [-0.1, -0.05) is 42.5 Å². The first-order chi connectivity index (χ1) is 13.7. The van der Waals surface area contributed by atoms with Crippen LogP contribution in [-0.4, -0.2) is 22.1 Å². The molecule has 0 atom stereocenters. The second-order valence-corrected chi connectivity index (χ2v) is 6.79. The van der Waals surface area contributed by atoms with Crippen molar-refractivity contribution in [3.05, 3.63) is 93.4 Å². The average molecular weight is 375 g/mol. The summed E-state index contributed by atoms with van der Waals surface area (Å²) in [6.45, 7) is 2.01. The van der Waals surface area contributed by atoms with E-state index in [0.29, 0.717) is 17.9 Å². The molecule has 0 amide bonds. The Bertz CT molecular complexity index is 1040. The topological polar surface area (TPSA) is 73.2 Å². The van der Waals surface area contributed by atoms with Crippen LogP contribution in [0.4, 0.5) is 0 Å². The standard InChI is InChI=1S/C22H21N3O3/c26-21(18-6-7-19-12-23-9-8-17(19)10-18)14-25-22(27)11-20(13-24-25)28-15-16-4-2-1-3-5-16/h1-7,10-11,13,23H,8-9,12,14-15H2. The molecular formula is C22H21N3O3. The fourth-order valence-electron chi connectivity index (χ4n) is 3.23. The summed E-state index contributed by atoms with van der Waals surface area (Å²) in [5.74, 6) is 0.257. The van der Waals surface area contributed by atoms with Gasteiger partial charge in [0.2, 0.25) is 0 Å². The molecule has 1 N–H and O–H groups in total. The third-order valence-corrected chi connectivity index (χ3v) is 4.80. The number of hydrogen-bond acceptors (Lipinski definition) is 5. The number of benzene rings is 2. The minimum atomic E-state index is -0.360. The molecule has 4 rings (SSSR count). The number of aromatic nitrogens is 2. The van der Waals surface area contributed by atoms with Gasteiger partial charge in [0.05, 0.1) is 6.20 Å². The molecule has 6 heteroatoms. The summed E-state index contributed by atoms with van der Waals surface area (Å²) < 4.78 is 6.78. The fraction of sp³-hybridized carbons (Fsp3) is 0.227. The lowest BCUT2D eigenvalue weighted by molar-refractivity contribution is 0.0965. The molecule has 0 aliphatic carbocycles. The second-order valence-electron chi connectivity index (χ2n) is 6.79. The minimum absolute atomic E-state index is 0.0885. The highest BCUT2D eigenvalue weighted by Crippen LogP contribution is 2.16. The van der Waals surface area contributed by atoms with E-state index in [0.717, 1.165) is 25.1 Å². The zero-order chi connectivity index (χ0) is 19.3. The van der Waals surface area contributed by atoms with Gasteiger partial charge in [-0.3, -0.25) is 9.59 Å². The minimum Gasteiger partial charge on any atom is -0.487 e. The van der Waals surface area contributed by atoms with Gasteiger partial charge in [0.1, 0.15) is 18.9 Å². The SMILES string of the molecule is O=C(Cn1ncc(OCc2ccccc2)cc1=O)c1ccc2c(c1)CCNC2. The molecule has 0 spiro atoms. The molecule has 1 aliphatic heterocycles. The molecule has 0 unspecified atom stereocenters. The van der Waals surface area contributed by atoms with Crippen LogP contribution in [0, 0.1) is 0 Å². The molecule has 6 nitrogen and oxygen atoms in total. The zero-order valence-corrected chi connectivity index (χ0v) is 15.4. The first kappa shape index (κ1) is 18.1. The highest BCUT2D eigenvalue weighted by atomic mass is 16.5. The van der Waals surface area contributed by atoms with Crippen molar-refractivity contribution >= 4 is 5.78 Å². The van der Waals surface area contributed by atoms with E-state index in [-0.39, 0.29) is 17.9 Å². The third kappa shape index (κ3) is 4.18. The number of ether oxygens (including phenoxy) is 1. The second kappa shape index (κ2) is 8.19. The number of ketones is 1. The third-order valence-electron chi connectivity index (χ3n) is 4.80. The van der Waals surface area contributed by atoms with Crippen LogP contribution in [0.25, 0.3) is 0 Å². The van der Waals surface area contributed by atoms with E-state index in [1.54, 1.807) is 0 Å². The highest BCUT2D eigenvalue weighted by molar-refractivity contribution is 5.96. The average Bonchev–Trinajstić information content (AvgIpc) is 2.74. The Hall–Kier alpha value is -3.25. The summed E-state index contributed by atoms with van der Waals surface area (Å²) in [6, 6.07) is 16.8. The van der Waals surface area contributed by atoms with Crippen LogP contribution >= 0.6 is 0 Å². The first-order valence-electron chi connectivity index (χ1n) is 9.29. The van der Waals surface area contributed by atoms with Crippen LogP contribution in [0.1, 0.15) is 27.0 Å². The molecule has 0 bridgehead atoms. The molecule has 1 aliphatic rings. The van der Waals surface area contributed by atoms with Crippen molar-refractivity contribution in [3.63, 3.8) is 0 Å². The molecule has 0 fully saturated rings. The Balaban J connectivity index is 1.43. The van der Waals surface area contributed by atoms with Gasteiger partial charge in [-0.25, -0.2) is 4.68 Å². The Morgan fingerprint density at radius 3 is 2.79 bits per heavy atom. The van der Waals surface area contributed by atoms with Crippen LogP contribution < -0.4 is 15.6 Å². The summed E-state index contributed by atoms with van der Waals surface area (Å²) in [5.41, 5.74) is 3.66. The lowest BCUT2D eigenvalue weighted by Gasteiger charge is -2.17. The predicted octanol–water partition coefficient (Wildman–Crippen LogP) is 2.35. The molecule has 28 heavy (non-hydrogen) atoms. The predicted molar refractivity (Wildman–Crippen MR) is 105 cm³/mol. The number of carbonyl (C=O) groups excluding carboxylic acids is 1. The Morgan fingerprint density at radius 1 is 1.11 bits per heavy atom. The first-order valence-corrected chi connectivity index (χ1v) is 9.29. The molecule has 0 saturated heterocycles. The Morgan fingerprint density at radius 2 is 1.96 bits per heavy atom. The normalized spacial score (nSPS) is 13.0. The van der Waals surface area contributed by atoms with Gasteiger partial charge in [0, 0.05) is 18.2 Å². The van der Waals surface area contributed by atoms with Crippen molar-refractivity contribution in [1.29, 1.82) is 0 Å². The van der Waals surface area contributed by atoms with Crippen LogP contribution in [-0.2, 0) is 26.1 Å². The summed E-state index contributed by atoms with van der Waals surface area (Å²) in [4.78, 5) is 24.9. The van der Waals surface area contributed by atoms with E-state index in [9.17, 15) is 9.59 Å². The molecule has 3 aromatic rings. The molecule has 1 aromatic heterocycles. The number of carbonyl (C=O) groups is 1. The van der Waals surface area contributed by atoms with Crippen LogP contribution in [0.5, 0.6) is 5.75 Å². The number of hydrogen-bond donors (Lipinski definition) is 1. The maximum absolute atomic E-state index is 12.6. The van der Waals surface area contributed by atoms with Gasteiger partial charge in [0.15, 0.2) is 5.78 Å². The summed E-state index contributed by atoms with van der Waals surface area (Å²) in [7, 11) is 0. The monoisotopic (exact) mass is 375 g/mol. The lowest BCUT2D eigenvalue weighted by atomic mass is 9.97. The molecule has 142 valence electrons. The highest BCUT2D eigenvalue weighted by Gasteiger charge is 2.14. The summed E-state index contributed by atoms with van der Waals surface area (Å²) >= 11 is 0. The van der Waals surface area contributed by atoms with Gasteiger partial charge in [-0.2, -0.15) is 5.10 Å². The van der Waals surface area contributed by atoms with E-state index in [2.05, 4.69) is 10.4 Å². The Labute approximate surface area is 162 Å². The van der Waals surface area contributed by atoms with E-state index in [1.165, 1.54) is 28.1 Å². The van der Waals surface area contributed by atoms with Crippen molar-refractivity contribution in [3.8, 4) is 5.75 Å². The number of fused-ring (bicyclic) bond motifs is 1. The molecule has 0 radical (unpaired) electrons. The van der Waals surface area contributed by atoms with Crippen LogP contribution in [0.3, 0.4) is 0 Å². The maximum atomic E-state index is 12.6. The van der Waals surface area contributed by atoms with Gasteiger partial charge >= 0.3 is 0 Å². The maximum Gasteiger partial charge on any atom is 0.270 e. The van der Waals surface area contributed by atoms with Gasteiger partial charge < -0.3 is 10.1 Å². The molecular weight excluding hydrogens is 354 g/mol. The lowest BCUT2D eigenvalue weighted by Crippen LogP contribution is -2.27. The van der Waals surface area contributed by atoms with Crippen molar-refractivity contribution in [2.45, 2.75) is 26.1 Å². The quantitative estimate of drug-likeness (QED) is 0.670.